The Bertz CT molecular complexity index is 912. The zero-order valence-corrected chi connectivity index (χ0v) is 22.7. The average molecular weight is 549 g/mol. The molecule has 0 bridgehead atoms. The van der Waals surface area contributed by atoms with E-state index in [-0.39, 0.29) is 55.8 Å². The van der Waals surface area contributed by atoms with E-state index in [1.807, 2.05) is 0 Å². The van der Waals surface area contributed by atoms with Crippen LogP contribution in [0.5, 0.6) is 0 Å². The molecule has 0 heterocycles. The van der Waals surface area contributed by atoms with E-state index in [9.17, 15) is 19.0 Å². The van der Waals surface area contributed by atoms with E-state index < -0.39 is 25.2 Å². The van der Waals surface area contributed by atoms with Crippen molar-refractivity contribution in [3.8, 4) is 6.07 Å². The minimum absolute atomic E-state index is 0.00945. The second-order valence-corrected chi connectivity index (χ2v) is 9.75. The normalized spacial score (nSPS) is 13.0. The molecular formula is C23H34FN2O8PS. The number of carbonyl (C=O) groups excluding carboxylic acids is 1. The summed E-state index contributed by atoms with van der Waals surface area (Å²) in [6, 6.07) is 7.45. The van der Waals surface area contributed by atoms with Crippen molar-refractivity contribution in [3.05, 3.63) is 46.2 Å². The number of halogens is 1. The average Bonchev–Trinajstić information content (AvgIpc) is 2.87. The van der Waals surface area contributed by atoms with Crippen molar-refractivity contribution < 1.29 is 41.7 Å². The molecule has 1 atom stereocenters. The first-order valence-electron chi connectivity index (χ1n) is 11.3. The minimum atomic E-state index is -4.17. The van der Waals surface area contributed by atoms with Crippen LogP contribution in [0.3, 0.4) is 0 Å². The lowest BCUT2D eigenvalue weighted by Gasteiger charge is -2.29. The standard InChI is InChI=1S/C23H34FN2O8PS/c1-5-30-12-15-33-35(28,34-16-13-31-6-2)21(18-9-7-8-10-20(18)24)26-22(36-4)19(17-25)23(27)32-14-11-29-3/h7-10,21,26H,5-6,11-16H2,1-4H3/b22-19+. The van der Waals surface area contributed by atoms with Crippen LogP contribution < -0.4 is 5.32 Å². The number of hydrogen-bond donors (Lipinski definition) is 1. The van der Waals surface area contributed by atoms with Gasteiger partial charge in [0.25, 0.3) is 0 Å². The molecule has 0 saturated carbocycles. The van der Waals surface area contributed by atoms with Crippen LogP contribution in [-0.4, -0.2) is 72.2 Å². The highest BCUT2D eigenvalue weighted by atomic mass is 32.2. The first kappa shape index (κ1) is 32.1. The molecule has 0 radical (unpaired) electrons. The number of nitriles is 1. The molecule has 0 aliphatic heterocycles. The molecule has 13 heteroatoms. The third-order valence-electron chi connectivity index (χ3n) is 4.46. The van der Waals surface area contributed by atoms with E-state index in [4.69, 9.17) is 28.0 Å². The van der Waals surface area contributed by atoms with Gasteiger partial charge < -0.3 is 33.3 Å². The molecule has 202 valence electrons. The van der Waals surface area contributed by atoms with Gasteiger partial charge in [-0.3, -0.25) is 4.57 Å². The van der Waals surface area contributed by atoms with E-state index in [0.29, 0.717) is 13.2 Å². The molecule has 36 heavy (non-hydrogen) atoms. The zero-order chi connectivity index (χ0) is 26.8. The Kier molecular flexibility index (Phi) is 16.3. The molecule has 1 rings (SSSR count). The molecule has 1 aromatic rings. The van der Waals surface area contributed by atoms with Gasteiger partial charge in [0.2, 0.25) is 0 Å². The molecule has 0 saturated heterocycles. The Morgan fingerprint density at radius 1 is 1.08 bits per heavy atom. The summed E-state index contributed by atoms with van der Waals surface area (Å²) in [6.45, 7) is 4.55. The summed E-state index contributed by atoms with van der Waals surface area (Å²) in [5.74, 6) is -3.00. The third kappa shape index (κ3) is 10.6. The van der Waals surface area contributed by atoms with E-state index in [1.54, 1.807) is 32.2 Å². The molecule has 0 amide bonds. The van der Waals surface area contributed by atoms with Gasteiger partial charge >= 0.3 is 13.6 Å². The quantitative estimate of drug-likeness (QED) is 0.0886. The molecule has 1 unspecified atom stereocenters. The number of nitrogens with zero attached hydrogens (tertiary/aromatic N) is 1. The number of nitrogens with one attached hydrogen (secondary N) is 1. The topological polar surface area (TPSA) is 125 Å². The number of benzene rings is 1. The number of rotatable bonds is 19. The van der Waals surface area contributed by atoms with Crippen LogP contribution in [0.25, 0.3) is 0 Å². The van der Waals surface area contributed by atoms with Crippen LogP contribution in [0, 0.1) is 17.1 Å². The predicted molar refractivity (Wildman–Crippen MR) is 134 cm³/mol. The summed E-state index contributed by atoms with van der Waals surface area (Å²) in [5, 5.41) is 12.5. The summed E-state index contributed by atoms with van der Waals surface area (Å²) < 4.78 is 60.8. The van der Waals surface area contributed by atoms with Gasteiger partial charge in [-0.15, -0.1) is 11.8 Å². The Labute approximate surface area is 215 Å². The van der Waals surface area contributed by atoms with E-state index in [0.717, 1.165) is 11.8 Å². The van der Waals surface area contributed by atoms with E-state index >= 15 is 0 Å². The fourth-order valence-electron chi connectivity index (χ4n) is 2.78. The van der Waals surface area contributed by atoms with Gasteiger partial charge in [0.05, 0.1) is 38.1 Å². The molecule has 0 aliphatic carbocycles. The Morgan fingerprint density at radius 2 is 1.69 bits per heavy atom. The van der Waals surface area contributed by atoms with Crippen LogP contribution in [0.15, 0.2) is 34.9 Å². The van der Waals surface area contributed by atoms with Crippen LogP contribution in [0.2, 0.25) is 0 Å². The molecule has 0 aliphatic rings. The van der Waals surface area contributed by atoms with Crippen molar-refractivity contribution in [2.45, 2.75) is 19.6 Å². The lowest BCUT2D eigenvalue weighted by atomic mass is 10.2. The van der Waals surface area contributed by atoms with Crippen LogP contribution in [0.4, 0.5) is 4.39 Å². The molecule has 10 nitrogen and oxygen atoms in total. The number of methoxy groups -OCH3 is 1. The summed E-state index contributed by atoms with van der Waals surface area (Å²) in [6.07, 6.45) is 1.59. The maximum atomic E-state index is 14.9. The SMILES string of the molecule is CCOCCOP(=O)(OCCOCC)C(N/C(SC)=C(/C#N)C(=O)OCCOC)c1ccccc1F. The first-order chi connectivity index (χ1) is 17.4. The first-order valence-corrected chi connectivity index (χ1v) is 14.1. The second kappa shape index (κ2) is 18.3. The van der Waals surface area contributed by atoms with E-state index in [2.05, 4.69) is 5.32 Å². The van der Waals surface area contributed by atoms with Crippen molar-refractivity contribution in [3.63, 3.8) is 0 Å². The van der Waals surface area contributed by atoms with Gasteiger partial charge in [-0.1, -0.05) is 18.2 Å². The second-order valence-electron chi connectivity index (χ2n) is 6.82. The van der Waals surface area contributed by atoms with Gasteiger partial charge in [0.1, 0.15) is 18.5 Å². The van der Waals surface area contributed by atoms with Crippen molar-refractivity contribution in [1.29, 1.82) is 5.26 Å². The van der Waals surface area contributed by atoms with Crippen LogP contribution >= 0.6 is 19.4 Å². The fourth-order valence-corrected chi connectivity index (χ4v) is 5.31. The largest absolute Gasteiger partial charge is 0.459 e. The maximum Gasteiger partial charge on any atom is 0.357 e. The number of ether oxygens (including phenoxy) is 4. The molecule has 1 N–H and O–H groups in total. The molecule has 0 spiro atoms. The monoisotopic (exact) mass is 548 g/mol. The Hall–Kier alpha value is -1.97. The number of carbonyl (C=O) groups is 1. The molecule has 1 aromatic carbocycles. The maximum absolute atomic E-state index is 14.9. The van der Waals surface area contributed by atoms with Crippen molar-refractivity contribution in [2.75, 3.05) is 66.2 Å². The van der Waals surface area contributed by atoms with Gasteiger partial charge in [0, 0.05) is 25.9 Å². The highest BCUT2D eigenvalue weighted by Gasteiger charge is 2.40. The molecule has 0 fully saturated rings. The minimum Gasteiger partial charge on any atom is -0.459 e. The zero-order valence-electron chi connectivity index (χ0n) is 21.0. The number of hydrogen-bond acceptors (Lipinski definition) is 11. The molecular weight excluding hydrogens is 514 g/mol. The fraction of sp³-hybridized carbons (Fsp3) is 0.565. The van der Waals surface area contributed by atoms with Crippen molar-refractivity contribution in [2.24, 2.45) is 0 Å². The highest BCUT2D eigenvalue weighted by Crippen LogP contribution is 2.60. The van der Waals surface area contributed by atoms with E-state index in [1.165, 1.54) is 25.3 Å². The van der Waals surface area contributed by atoms with Gasteiger partial charge in [-0.25, -0.2) is 9.18 Å². The summed E-state index contributed by atoms with van der Waals surface area (Å²) in [5.41, 5.74) is -0.416. The number of esters is 1. The van der Waals surface area contributed by atoms with Crippen LogP contribution in [0.1, 0.15) is 25.2 Å². The third-order valence-corrected chi connectivity index (χ3v) is 7.31. The van der Waals surface area contributed by atoms with Gasteiger partial charge in [-0.2, -0.15) is 5.26 Å². The Balaban J connectivity index is 3.46. The Morgan fingerprint density at radius 3 is 2.19 bits per heavy atom. The number of thioether (sulfide) groups is 1. The lowest BCUT2D eigenvalue weighted by molar-refractivity contribution is -0.139. The summed E-state index contributed by atoms with van der Waals surface area (Å²) >= 11 is 0.989. The van der Waals surface area contributed by atoms with Gasteiger partial charge in [0.15, 0.2) is 11.4 Å². The summed E-state index contributed by atoms with van der Waals surface area (Å²) in [7, 11) is -2.73. The van der Waals surface area contributed by atoms with Crippen molar-refractivity contribution >= 4 is 25.3 Å². The molecule has 0 aromatic heterocycles. The van der Waals surface area contributed by atoms with Crippen LogP contribution in [-0.2, 0) is 37.4 Å². The smallest absolute Gasteiger partial charge is 0.357 e. The van der Waals surface area contributed by atoms with Gasteiger partial charge in [-0.05, 0) is 26.2 Å². The predicted octanol–water partition coefficient (Wildman–Crippen LogP) is 4.00. The van der Waals surface area contributed by atoms with Crippen molar-refractivity contribution in [1.82, 2.24) is 5.32 Å². The highest BCUT2D eigenvalue weighted by molar-refractivity contribution is 8.02. The lowest BCUT2D eigenvalue weighted by Crippen LogP contribution is -2.26. The summed E-state index contributed by atoms with van der Waals surface area (Å²) in [4.78, 5) is 12.5.